The molecular weight excluding hydrogens is 214 g/mol. The molecule has 0 aliphatic heterocycles. The predicted molar refractivity (Wildman–Crippen MR) is 72.1 cm³/mol. The Labute approximate surface area is 103 Å². The van der Waals surface area contributed by atoms with Gasteiger partial charge in [0.2, 0.25) is 0 Å². The van der Waals surface area contributed by atoms with Crippen molar-refractivity contribution >= 4 is 11.3 Å². The van der Waals surface area contributed by atoms with E-state index in [2.05, 4.69) is 36.7 Å². The van der Waals surface area contributed by atoms with Gasteiger partial charge in [-0.25, -0.2) is 0 Å². The van der Waals surface area contributed by atoms with Gasteiger partial charge in [0.05, 0.1) is 0 Å². The lowest BCUT2D eigenvalue weighted by Crippen LogP contribution is -2.42. The van der Waals surface area contributed by atoms with Gasteiger partial charge in [-0.1, -0.05) is 26.3 Å². The fourth-order valence-electron chi connectivity index (χ4n) is 2.46. The molecule has 0 radical (unpaired) electrons. The lowest BCUT2D eigenvalue weighted by molar-refractivity contribution is 0.114. The molecule has 1 N–H and O–H groups in total. The zero-order chi connectivity index (χ0) is 11.4. The molecule has 1 heterocycles. The van der Waals surface area contributed by atoms with Crippen LogP contribution in [-0.2, 0) is 6.42 Å². The fourth-order valence-corrected chi connectivity index (χ4v) is 3.16. The van der Waals surface area contributed by atoms with Crippen LogP contribution in [0.2, 0.25) is 0 Å². The number of hydrogen-bond acceptors (Lipinski definition) is 2. The minimum absolute atomic E-state index is 0.619. The molecule has 0 atom stereocenters. The van der Waals surface area contributed by atoms with Crippen LogP contribution in [0.3, 0.4) is 0 Å². The molecule has 0 saturated heterocycles. The van der Waals surface area contributed by atoms with Gasteiger partial charge in [0.1, 0.15) is 0 Å². The summed E-state index contributed by atoms with van der Waals surface area (Å²) in [6.45, 7) is 5.70. The second-order valence-corrected chi connectivity index (χ2v) is 6.50. The van der Waals surface area contributed by atoms with E-state index in [0.29, 0.717) is 11.5 Å². The number of hydrogen-bond donors (Lipinski definition) is 1. The highest BCUT2D eigenvalue weighted by Crippen LogP contribution is 2.44. The summed E-state index contributed by atoms with van der Waals surface area (Å²) in [6.07, 6.45) is 6.94. The number of thiophene rings is 1. The summed E-state index contributed by atoms with van der Waals surface area (Å²) in [4.78, 5) is 1.55. The van der Waals surface area contributed by atoms with Gasteiger partial charge in [-0.05, 0) is 42.5 Å². The first kappa shape index (κ1) is 12.1. The van der Waals surface area contributed by atoms with Crippen molar-refractivity contribution in [2.24, 2.45) is 5.41 Å². The molecule has 2 rings (SSSR count). The van der Waals surface area contributed by atoms with Crippen LogP contribution in [0.4, 0.5) is 0 Å². The first-order valence-corrected chi connectivity index (χ1v) is 7.34. The van der Waals surface area contributed by atoms with Crippen molar-refractivity contribution in [1.29, 1.82) is 0 Å². The zero-order valence-corrected chi connectivity index (χ0v) is 11.3. The lowest BCUT2D eigenvalue weighted by Gasteiger charge is -2.43. The Hall–Kier alpha value is -0.340. The van der Waals surface area contributed by atoms with Gasteiger partial charge in [0, 0.05) is 17.5 Å². The maximum absolute atomic E-state index is 3.62. The molecule has 1 saturated carbocycles. The average Bonchev–Trinajstić information content (AvgIpc) is 2.68. The van der Waals surface area contributed by atoms with Crippen LogP contribution in [0.15, 0.2) is 17.5 Å². The Balaban J connectivity index is 1.80. The van der Waals surface area contributed by atoms with Crippen LogP contribution < -0.4 is 5.32 Å². The molecule has 90 valence electrons. The standard InChI is InChI=1S/C14H23NS/c1-12(2)15-11-14(7-4-8-14)9-6-13-5-3-10-16-13/h3,5,10,12,15H,4,6-9,11H2,1-2H3. The largest absolute Gasteiger partial charge is 0.314 e. The summed E-state index contributed by atoms with van der Waals surface area (Å²) in [7, 11) is 0. The highest BCUT2D eigenvalue weighted by atomic mass is 32.1. The van der Waals surface area contributed by atoms with Gasteiger partial charge < -0.3 is 5.32 Å². The minimum Gasteiger partial charge on any atom is -0.314 e. The van der Waals surface area contributed by atoms with Crippen molar-refractivity contribution in [1.82, 2.24) is 5.32 Å². The molecule has 1 nitrogen and oxygen atoms in total. The van der Waals surface area contributed by atoms with Crippen molar-refractivity contribution in [3.63, 3.8) is 0 Å². The number of nitrogens with one attached hydrogen (secondary N) is 1. The highest BCUT2D eigenvalue weighted by molar-refractivity contribution is 7.09. The van der Waals surface area contributed by atoms with Gasteiger partial charge >= 0.3 is 0 Å². The molecule has 0 aromatic carbocycles. The first-order valence-electron chi connectivity index (χ1n) is 6.46. The fraction of sp³-hybridized carbons (Fsp3) is 0.714. The van der Waals surface area contributed by atoms with Crippen molar-refractivity contribution in [3.05, 3.63) is 22.4 Å². The van der Waals surface area contributed by atoms with Crippen molar-refractivity contribution in [3.8, 4) is 0 Å². The van der Waals surface area contributed by atoms with Gasteiger partial charge in [-0.2, -0.15) is 0 Å². The van der Waals surface area contributed by atoms with E-state index in [4.69, 9.17) is 0 Å². The second-order valence-electron chi connectivity index (χ2n) is 5.47. The van der Waals surface area contributed by atoms with E-state index >= 15 is 0 Å². The van der Waals surface area contributed by atoms with Gasteiger partial charge in [0.15, 0.2) is 0 Å². The third-order valence-electron chi connectivity index (χ3n) is 3.78. The molecule has 2 heteroatoms. The summed E-state index contributed by atoms with van der Waals surface area (Å²) in [6, 6.07) is 5.06. The van der Waals surface area contributed by atoms with E-state index < -0.39 is 0 Å². The van der Waals surface area contributed by atoms with Gasteiger partial charge in [0.25, 0.3) is 0 Å². The van der Waals surface area contributed by atoms with E-state index in [0.717, 1.165) is 0 Å². The lowest BCUT2D eigenvalue weighted by atomic mass is 9.66. The Kier molecular flexibility index (Phi) is 4.04. The Morgan fingerprint density at radius 3 is 2.75 bits per heavy atom. The summed E-state index contributed by atoms with van der Waals surface area (Å²) in [5, 5.41) is 5.81. The zero-order valence-electron chi connectivity index (χ0n) is 10.5. The van der Waals surface area contributed by atoms with E-state index in [9.17, 15) is 0 Å². The highest BCUT2D eigenvalue weighted by Gasteiger charge is 2.36. The van der Waals surface area contributed by atoms with Crippen LogP contribution in [-0.4, -0.2) is 12.6 Å². The molecular formula is C14H23NS. The van der Waals surface area contributed by atoms with E-state index in [1.165, 1.54) is 38.6 Å². The monoisotopic (exact) mass is 237 g/mol. The van der Waals surface area contributed by atoms with Crippen LogP contribution >= 0.6 is 11.3 Å². The van der Waals surface area contributed by atoms with E-state index in [1.807, 2.05) is 11.3 Å². The predicted octanol–water partition coefficient (Wildman–Crippen LogP) is 3.85. The molecule has 1 aromatic heterocycles. The average molecular weight is 237 g/mol. The quantitative estimate of drug-likeness (QED) is 0.792. The summed E-state index contributed by atoms with van der Waals surface area (Å²) in [5.41, 5.74) is 0.619. The molecule has 0 amide bonds. The topological polar surface area (TPSA) is 12.0 Å². The molecule has 16 heavy (non-hydrogen) atoms. The van der Waals surface area contributed by atoms with E-state index in [-0.39, 0.29) is 0 Å². The summed E-state index contributed by atoms with van der Waals surface area (Å²) < 4.78 is 0. The molecule has 0 unspecified atom stereocenters. The Morgan fingerprint density at radius 2 is 2.25 bits per heavy atom. The smallest absolute Gasteiger partial charge is 0.00454 e. The SMILES string of the molecule is CC(C)NCC1(CCc2cccs2)CCC1. The van der Waals surface area contributed by atoms with Crippen molar-refractivity contribution in [2.45, 2.75) is 52.0 Å². The third kappa shape index (κ3) is 3.08. The van der Waals surface area contributed by atoms with Crippen LogP contribution in [0.1, 0.15) is 44.4 Å². The van der Waals surface area contributed by atoms with Crippen LogP contribution in [0.25, 0.3) is 0 Å². The molecule has 0 bridgehead atoms. The van der Waals surface area contributed by atoms with Crippen LogP contribution in [0.5, 0.6) is 0 Å². The Morgan fingerprint density at radius 1 is 1.44 bits per heavy atom. The van der Waals surface area contributed by atoms with Gasteiger partial charge in [-0.15, -0.1) is 11.3 Å². The maximum Gasteiger partial charge on any atom is 0.00454 e. The van der Waals surface area contributed by atoms with Crippen LogP contribution in [0, 0.1) is 5.41 Å². The maximum atomic E-state index is 3.62. The Bertz CT molecular complexity index is 299. The first-order chi connectivity index (χ1) is 7.70. The summed E-state index contributed by atoms with van der Waals surface area (Å²) in [5.74, 6) is 0. The minimum atomic E-state index is 0.619. The van der Waals surface area contributed by atoms with E-state index in [1.54, 1.807) is 4.88 Å². The number of aryl methyl sites for hydroxylation is 1. The molecule has 0 spiro atoms. The van der Waals surface area contributed by atoms with Gasteiger partial charge in [-0.3, -0.25) is 0 Å². The summed E-state index contributed by atoms with van der Waals surface area (Å²) >= 11 is 1.90. The third-order valence-corrected chi connectivity index (χ3v) is 4.72. The molecule has 1 aliphatic carbocycles. The molecule has 1 aromatic rings. The van der Waals surface area contributed by atoms with Crippen molar-refractivity contribution in [2.75, 3.05) is 6.54 Å². The number of rotatable bonds is 6. The normalized spacial score (nSPS) is 18.7. The van der Waals surface area contributed by atoms with Crippen molar-refractivity contribution < 1.29 is 0 Å². The molecule has 1 fully saturated rings. The second kappa shape index (κ2) is 5.33. The molecule has 1 aliphatic rings.